The van der Waals surface area contributed by atoms with Crippen LogP contribution in [0.2, 0.25) is 0 Å². The lowest BCUT2D eigenvalue weighted by Gasteiger charge is -2.25. The molecule has 0 fully saturated rings. The molecule has 1 atom stereocenters. The van der Waals surface area contributed by atoms with Gasteiger partial charge in [0.15, 0.2) is 0 Å². The molecule has 1 aromatic heterocycles. The van der Waals surface area contributed by atoms with E-state index in [2.05, 4.69) is 10.2 Å². The molecular formula is C18H21N3O2. The molecule has 3 rings (SSSR count). The number of hydrogen-bond donors (Lipinski definition) is 1. The van der Waals surface area contributed by atoms with Gasteiger partial charge >= 0.3 is 0 Å². The van der Waals surface area contributed by atoms with Crippen LogP contribution in [0.4, 0.5) is 0 Å². The Morgan fingerprint density at radius 1 is 1.26 bits per heavy atom. The van der Waals surface area contributed by atoms with Crippen LogP contribution in [0.25, 0.3) is 11.3 Å². The van der Waals surface area contributed by atoms with E-state index in [1.165, 1.54) is 0 Å². The minimum absolute atomic E-state index is 0.0315. The van der Waals surface area contributed by atoms with Gasteiger partial charge in [0.05, 0.1) is 12.2 Å². The minimum Gasteiger partial charge on any atom is -0.302 e. The first-order valence-corrected chi connectivity index (χ1v) is 7.89. The molecule has 0 radical (unpaired) electrons. The fourth-order valence-electron chi connectivity index (χ4n) is 3.22. The van der Waals surface area contributed by atoms with E-state index in [1.54, 1.807) is 0 Å². The molecule has 0 saturated heterocycles. The molecule has 0 amide bonds. The monoisotopic (exact) mass is 311 g/mol. The highest BCUT2D eigenvalue weighted by Gasteiger charge is 2.29. The van der Waals surface area contributed by atoms with E-state index in [-0.39, 0.29) is 17.3 Å². The second kappa shape index (κ2) is 6.46. The van der Waals surface area contributed by atoms with E-state index >= 15 is 0 Å². The zero-order valence-electron chi connectivity index (χ0n) is 13.5. The zero-order chi connectivity index (χ0) is 16.4. The second-order valence-corrected chi connectivity index (χ2v) is 6.37. The van der Waals surface area contributed by atoms with Crippen molar-refractivity contribution in [2.24, 2.45) is 5.92 Å². The summed E-state index contributed by atoms with van der Waals surface area (Å²) in [5, 5.41) is 6.86. The highest BCUT2D eigenvalue weighted by Crippen LogP contribution is 2.30. The summed E-state index contributed by atoms with van der Waals surface area (Å²) in [6, 6.07) is 9.81. The predicted octanol–water partition coefficient (Wildman–Crippen LogP) is 1.67. The molecule has 1 aliphatic rings. The van der Waals surface area contributed by atoms with Gasteiger partial charge < -0.3 is 4.90 Å². The van der Waals surface area contributed by atoms with Gasteiger partial charge in [0.1, 0.15) is 5.78 Å². The van der Waals surface area contributed by atoms with E-state index in [1.807, 2.05) is 49.3 Å². The number of likely N-dealkylation sites (N-methyl/N-ethyl adjacent to an activating group) is 1. The van der Waals surface area contributed by atoms with E-state index in [0.29, 0.717) is 19.4 Å². The average Bonchev–Trinajstić information content (AvgIpc) is 2.55. The number of carbonyl (C=O) groups is 1. The van der Waals surface area contributed by atoms with Crippen LogP contribution < -0.4 is 5.56 Å². The van der Waals surface area contributed by atoms with E-state index in [4.69, 9.17) is 0 Å². The van der Waals surface area contributed by atoms with E-state index in [9.17, 15) is 9.59 Å². The Bertz CT molecular complexity index is 766. The largest absolute Gasteiger partial charge is 0.302 e. The molecule has 1 unspecified atom stereocenters. The maximum atomic E-state index is 12.4. The quantitative estimate of drug-likeness (QED) is 0.933. The van der Waals surface area contributed by atoms with Crippen molar-refractivity contribution in [3.63, 3.8) is 0 Å². The van der Waals surface area contributed by atoms with E-state index in [0.717, 1.165) is 28.8 Å². The molecule has 0 spiro atoms. The molecule has 23 heavy (non-hydrogen) atoms. The maximum absolute atomic E-state index is 12.4. The Balaban J connectivity index is 1.98. The Morgan fingerprint density at radius 3 is 2.70 bits per heavy atom. The number of nitrogens with one attached hydrogen (secondary N) is 1. The van der Waals surface area contributed by atoms with Crippen molar-refractivity contribution in [1.82, 2.24) is 15.1 Å². The molecule has 2 aromatic rings. The van der Waals surface area contributed by atoms with Crippen LogP contribution in [0.1, 0.15) is 17.5 Å². The van der Waals surface area contributed by atoms with Gasteiger partial charge in [-0.25, -0.2) is 5.10 Å². The van der Waals surface area contributed by atoms with Crippen molar-refractivity contribution in [3.05, 3.63) is 51.8 Å². The van der Waals surface area contributed by atoms with Crippen molar-refractivity contribution in [3.8, 4) is 11.3 Å². The first-order valence-electron chi connectivity index (χ1n) is 7.89. The summed E-state index contributed by atoms with van der Waals surface area (Å²) in [6.07, 6.45) is 1.97. The topological polar surface area (TPSA) is 66.1 Å². The lowest BCUT2D eigenvalue weighted by molar-refractivity contribution is -0.123. The molecule has 5 heteroatoms. The summed E-state index contributed by atoms with van der Waals surface area (Å²) >= 11 is 0. The Kier molecular flexibility index (Phi) is 4.39. The van der Waals surface area contributed by atoms with Crippen LogP contribution in [0.5, 0.6) is 0 Å². The van der Waals surface area contributed by atoms with Gasteiger partial charge in [-0.1, -0.05) is 30.3 Å². The van der Waals surface area contributed by atoms with Gasteiger partial charge in [0.25, 0.3) is 5.56 Å². The van der Waals surface area contributed by atoms with Crippen LogP contribution in [0.15, 0.2) is 35.1 Å². The first kappa shape index (κ1) is 15.6. The number of ketones is 1. The molecule has 1 heterocycles. The molecule has 1 aromatic carbocycles. The molecule has 0 bridgehead atoms. The van der Waals surface area contributed by atoms with Crippen molar-refractivity contribution < 1.29 is 4.79 Å². The number of nitrogens with zero attached hydrogens (tertiary/aromatic N) is 2. The van der Waals surface area contributed by atoms with Crippen molar-refractivity contribution in [2.75, 3.05) is 20.6 Å². The number of rotatable bonds is 4. The Morgan fingerprint density at radius 2 is 2.00 bits per heavy atom. The first-order chi connectivity index (χ1) is 11.1. The molecule has 1 N–H and O–H groups in total. The van der Waals surface area contributed by atoms with Gasteiger partial charge in [-0.05, 0) is 38.9 Å². The van der Waals surface area contributed by atoms with Crippen LogP contribution in [-0.4, -0.2) is 41.5 Å². The number of aromatic nitrogens is 2. The molecule has 0 saturated carbocycles. The lowest BCUT2D eigenvalue weighted by Crippen LogP contribution is -2.33. The number of benzene rings is 1. The molecular weight excluding hydrogens is 290 g/mol. The summed E-state index contributed by atoms with van der Waals surface area (Å²) in [4.78, 5) is 26.4. The van der Waals surface area contributed by atoms with Gasteiger partial charge in [-0.2, -0.15) is 5.10 Å². The fourth-order valence-corrected chi connectivity index (χ4v) is 3.22. The molecule has 5 nitrogen and oxygen atoms in total. The molecule has 120 valence electrons. The third-order valence-corrected chi connectivity index (χ3v) is 4.36. The number of Topliss-reactive ketones (excluding diaryl/α,β-unsaturated/α-hetero) is 1. The SMILES string of the molecule is CN(C)CC(=O)C1CCc2c(c(-c3ccccc3)n[nH]c2=O)C1. The number of fused-ring (bicyclic) bond motifs is 1. The highest BCUT2D eigenvalue weighted by atomic mass is 16.1. The summed E-state index contributed by atoms with van der Waals surface area (Å²) < 4.78 is 0. The standard InChI is InChI=1S/C18H21N3O2/c1-21(2)11-16(22)13-8-9-14-15(10-13)17(19-20-18(14)23)12-6-4-3-5-7-12/h3-7,13H,8-11H2,1-2H3,(H,20,23). The summed E-state index contributed by atoms with van der Waals surface area (Å²) in [6.45, 7) is 0.442. The Hall–Kier alpha value is -2.27. The van der Waals surface area contributed by atoms with Gasteiger partial charge in [-0.3, -0.25) is 9.59 Å². The second-order valence-electron chi connectivity index (χ2n) is 6.37. The number of hydrogen-bond acceptors (Lipinski definition) is 4. The number of aromatic amines is 1. The van der Waals surface area contributed by atoms with Gasteiger partial charge in [0.2, 0.25) is 0 Å². The Labute approximate surface area is 135 Å². The third kappa shape index (κ3) is 3.24. The van der Waals surface area contributed by atoms with Crippen molar-refractivity contribution >= 4 is 5.78 Å². The van der Waals surface area contributed by atoms with Crippen molar-refractivity contribution in [1.29, 1.82) is 0 Å². The summed E-state index contributed by atoms with van der Waals surface area (Å²) in [7, 11) is 3.80. The van der Waals surface area contributed by atoms with Crippen LogP contribution in [-0.2, 0) is 17.6 Å². The van der Waals surface area contributed by atoms with Gasteiger partial charge in [-0.15, -0.1) is 0 Å². The number of H-pyrrole nitrogens is 1. The van der Waals surface area contributed by atoms with E-state index < -0.39 is 0 Å². The maximum Gasteiger partial charge on any atom is 0.267 e. The molecule has 1 aliphatic carbocycles. The van der Waals surface area contributed by atoms with Crippen molar-refractivity contribution in [2.45, 2.75) is 19.3 Å². The zero-order valence-corrected chi connectivity index (χ0v) is 13.5. The van der Waals surface area contributed by atoms with Gasteiger partial charge in [0, 0.05) is 17.0 Å². The smallest absolute Gasteiger partial charge is 0.267 e. The molecule has 0 aliphatic heterocycles. The predicted molar refractivity (Wildman–Crippen MR) is 89.4 cm³/mol. The fraction of sp³-hybridized carbons (Fsp3) is 0.389. The summed E-state index contributed by atoms with van der Waals surface area (Å²) in [5.74, 6) is 0.205. The lowest BCUT2D eigenvalue weighted by atomic mass is 9.80. The normalized spacial score (nSPS) is 17.1. The number of carbonyl (C=O) groups excluding carboxylic acids is 1. The van der Waals surface area contributed by atoms with Crippen LogP contribution >= 0.6 is 0 Å². The minimum atomic E-state index is -0.127. The summed E-state index contributed by atoms with van der Waals surface area (Å²) in [5.41, 5.74) is 3.36. The van der Waals surface area contributed by atoms with Crippen LogP contribution in [0, 0.1) is 5.92 Å². The average molecular weight is 311 g/mol. The van der Waals surface area contributed by atoms with Crippen LogP contribution in [0.3, 0.4) is 0 Å². The highest BCUT2D eigenvalue weighted by molar-refractivity contribution is 5.84. The third-order valence-electron chi connectivity index (χ3n) is 4.36.